The summed E-state index contributed by atoms with van der Waals surface area (Å²) in [5, 5.41) is 3.68. The molecule has 9 heteroatoms. The highest BCUT2D eigenvalue weighted by atomic mass is 32.2. The number of nitrogen functional groups attached to an aromatic ring is 1. The number of benzene rings is 1. The normalized spacial score (nSPS) is 11.3. The summed E-state index contributed by atoms with van der Waals surface area (Å²) in [7, 11) is -3.81. The topological polar surface area (TPSA) is 120 Å². The Balaban J connectivity index is 2.31. The minimum atomic E-state index is -3.81. The molecule has 20 heavy (non-hydrogen) atoms. The summed E-state index contributed by atoms with van der Waals surface area (Å²) in [5.41, 5.74) is 6.39. The van der Waals surface area contributed by atoms with Crippen molar-refractivity contribution in [1.29, 1.82) is 0 Å². The van der Waals surface area contributed by atoms with E-state index in [2.05, 4.69) is 14.8 Å². The molecule has 0 bridgehead atoms. The fourth-order valence-electron chi connectivity index (χ4n) is 1.50. The second-order valence-corrected chi connectivity index (χ2v) is 5.83. The number of nitrogens with two attached hydrogens (primary N) is 1. The van der Waals surface area contributed by atoms with Crippen molar-refractivity contribution in [2.45, 2.75) is 18.7 Å². The number of rotatable bonds is 3. The molecule has 0 spiro atoms. The second kappa shape index (κ2) is 4.93. The monoisotopic (exact) mass is 295 g/mol. The highest BCUT2D eigenvalue weighted by Crippen LogP contribution is 2.14. The molecule has 0 unspecified atom stereocenters. The number of nitrogens with one attached hydrogen (secondary N) is 1. The molecule has 1 aromatic heterocycles. The summed E-state index contributed by atoms with van der Waals surface area (Å²) in [6, 6.07) is 6.26. The van der Waals surface area contributed by atoms with Gasteiger partial charge >= 0.3 is 0 Å². The maximum atomic E-state index is 12.1. The third-order valence-corrected chi connectivity index (χ3v) is 3.83. The van der Waals surface area contributed by atoms with Gasteiger partial charge in [-0.15, -0.1) is 5.10 Å². The summed E-state index contributed by atoms with van der Waals surface area (Å²) in [6.45, 7) is 3.09. The van der Waals surface area contributed by atoms with E-state index < -0.39 is 15.9 Å². The van der Waals surface area contributed by atoms with Crippen LogP contribution in [0.15, 0.2) is 29.2 Å². The lowest BCUT2D eigenvalue weighted by Gasteiger charge is -2.04. The van der Waals surface area contributed by atoms with Crippen LogP contribution < -0.4 is 10.5 Å². The minimum absolute atomic E-state index is 0.0702. The van der Waals surface area contributed by atoms with Crippen LogP contribution in [0.25, 0.3) is 0 Å². The van der Waals surface area contributed by atoms with Gasteiger partial charge in [-0.1, -0.05) is 17.7 Å². The fraction of sp³-hybridized carbons (Fsp3) is 0.182. The van der Waals surface area contributed by atoms with E-state index in [-0.39, 0.29) is 16.8 Å². The molecule has 1 aromatic carbocycles. The van der Waals surface area contributed by atoms with Crippen LogP contribution in [0.1, 0.15) is 17.3 Å². The standard InChI is InChI=1S/C11H13N5O3S/c1-7-3-5-9(6-4-7)20(18,19)15-11-13-10(12)16(14-11)8(2)17/h3-6H,1-2H3,(H3,12,13,14,15). The maximum Gasteiger partial charge on any atom is 0.264 e. The van der Waals surface area contributed by atoms with E-state index in [1.165, 1.54) is 19.1 Å². The van der Waals surface area contributed by atoms with Gasteiger partial charge in [0.05, 0.1) is 4.90 Å². The van der Waals surface area contributed by atoms with E-state index in [1.54, 1.807) is 12.1 Å². The zero-order chi connectivity index (χ0) is 14.9. The number of carbonyl (C=O) groups excluding carboxylic acids is 1. The Morgan fingerprint density at radius 1 is 1.30 bits per heavy atom. The van der Waals surface area contributed by atoms with Crippen molar-refractivity contribution < 1.29 is 13.2 Å². The van der Waals surface area contributed by atoms with Crippen LogP contribution in [0.5, 0.6) is 0 Å². The Morgan fingerprint density at radius 2 is 1.90 bits per heavy atom. The van der Waals surface area contributed by atoms with E-state index in [9.17, 15) is 13.2 Å². The molecule has 3 N–H and O–H groups in total. The lowest BCUT2D eigenvalue weighted by molar-refractivity contribution is 0.0924. The average molecular weight is 295 g/mol. The van der Waals surface area contributed by atoms with Gasteiger partial charge in [0.25, 0.3) is 16.0 Å². The van der Waals surface area contributed by atoms with Gasteiger partial charge < -0.3 is 5.73 Å². The zero-order valence-corrected chi connectivity index (χ0v) is 11.7. The van der Waals surface area contributed by atoms with E-state index >= 15 is 0 Å². The van der Waals surface area contributed by atoms with Crippen LogP contribution in [0.4, 0.5) is 11.9 Å². The summed E-state index contributed by atoms with van der Waals surface area (Å²) in [6.07, 6.45) is 0. The largest absolute Gasteiger partial charge is 0.368 e. The smallest absolute Gasteiger partial charge is 0.264 e. The summed E-state index contributed by atoms with van der Waals surface area (Å²) in [4.78, 5) is 14.9. The first kappa shape index (κ1) is 14.0. The van der Waals surface area contributed by atoms with E-state index in [4.69, 9.17) is 5.73 Å². The lowest BCUT2D eigenvalue weighted by Crippen LogP contribution is -2.15. The SMILES string of the molecule is CC(=O)n1nc(NS(=O)(=O)c2ccc(C)cc2)nc1N. The molecular weight excluding hydrogens is 282 g/mol. The predicted molar refractivity (Wildman–Crippen MR) is 72.7 cm³/mol. The first-order valence-electron chi connectivity index (χ1n) is 5.62. The Hall–Kier alpha value is -2.42. The van der Waals surface area contributed by atoms with Gasteiger partial charge in [-0.25, -0.2) is 13.1 Å². The van der Waals surface area contributed by atoms with Crippen molar-refractivity contribution >= 4 is 27.8 Å². The van der Waals surface area contributed by atoms with Gasteiger partial charge in [-0.05, 0) is 19.1 Å². The molecule has 2 rings (SSSR count). The molecule has 8 nitrogen and oxygen atoms in total. The second-order valence-electron chi connectivity index (χ2n) is 4.14. The molecule has 0 aliphatic carbocycles. The van der Waals surface area contributed by atoms with Crippen molar-refractivity contribution in [2.24, 2.45) is 0 Å². The van der Waals surface area contributed by atoms with Gasteiger partial charge in [-0.3, -0.25) is 4.79 Å². The van der Waals surface area contributed by atoms with Crippen LogP contribution in [-0.2, 0) is 10.0 Å². The summed E-state index contributed by atoms with van der Waals surface area (Å²) >= 11 is 0. The number of aromatic nitrogens is 3. The molecule has 0 saturated heterocycles. The minimum Gasteiger partial charge on any atom is -0.368 e. The molecule has 0 aliphatic rings. The Bertz CT molecular complexity index is 749. The molecule has 0 atom stereocenters. The first-order chi connectivity index (χ1) is 9.29. The van der Waals surface area contributed by atoms with Crippen LogP contribution in [0, 0.1) is 6.92 Å². The van der Waals surface area contributed by atoms with Gasteiger partial charge in [0.1, 0.15) is 0 Å². The zero-order valence-electron chi connectivity index (χ0n) is 10.9. The van der Waals surface area contributed by atoms with E-state index in [0.717, 1.165) is 10.2 Å². The quantitative estimate of drug-likeness (QED) is 0.856. The molecule has 1 heterocycles. The maximum absolute atomic E-state index is 12.1. The number of hydrogen-bond acceptors (Lipinski definition) is 6. The van der Waals surface area contributed by atoms with E-state index in [1.807, 2.05) is 6.92 Å². The molecule has 0 amide bonds. The Morgan fingerprint density at radius 3 is 2.40 bits per heavy atom. The van der Waals surface area contributed by atoms with Gasteiger partial charge in [0.15, 0.2) is 0 Å². The molecular formula is C11H13N5O3S. The van der Waals surface area contributed by atoms with Crippen LogP contribution in [0.2, 0.25) is 0 Å². The molecule has 2 aromatic rings. The Labute approximate surface area is 115 Å². The van der Waals surface area contributed by atoms with Gasteiger partial charge in [0, 0.05) is 6.92 Å². The van der Waals surface area contributed by atoms with Crippen LogP contribution >= 0.6 is 0 Å². The van der Waals surface area contributed by atoms with Crippen molar-refractivity contribution in [3.05, 3.63) is 29.8 Å². The van der Waals surface area contributed by atoms with Crippen molar-refractivity contribution in [2.75, 3.05) is 10.5 Å². The Kier molecular flexibility index (Phi) is 3.45. The van der Waals surface area contributed by atoms with Crippen molar-refractivity contribution in [3.8, 4) is 0 Å². The number of nitrogens with zero attached hydrogens (tertiary/aromatic N) is 3. The van der Waals surface area contributed by atoms with Crippen molar-refractivity contribution in [1.82, 2.24) is 14.8 Å². The molecule has 106 valence electrons. The molecule has 0 radical (unpaired) electrons. The van der Waals surface area contributed by atoms with Crippen LogP contribution in [0.3, 0.4) is 0 Å². The van der Waals surface area contributed by atoms with Gasteiger partial charge in [-0.2, -0.15) is 9.67 Å². The number of carbonyl (C=O) groups is 1. The predicted octanol–water partition coefficient (Wildman–Crippen LogP) is 0.630. The summed E-state index contributed by atoms with van der Waals surface area (Å²) in [5.74, 6) is -0.895. The fourth-order valence-corrected chi connectivity index (χ4v) is 2.43. The molecule has 0 fully saturated rings. The third kappa shape index (κ3) is 2.77. The number of sulfonamides is 1. The highest BCUT2D eigenvalue weighted by molar-refractivity contribution is 7.92. The first-order valence-corrected chi connectivity index (χ1v) is 7.11. The van der Waals surface area contributed by atoms with E-state index in [0.29, 0.717) is 0 Å². The number of anilines is 2. The third-order valence-electron chi connectivity index (χ3n) is 2.49. The molecule has 0 aliphatic heterocycles. The van der Waals surface area contributed by atoms with Crippen molar-refractivity contribution in [3.63, 3.8) is 0 Å². The number of hydrogen-bond donors (Lipinski definition) is 2. The van der Waals surface area contributed by atoms with Crippen LogP contribution in [-0.4, -0.2) is 29.1 Å². The molecule has 0 saturated carbocycles. The average Bonchev–Trinajstić information content (AvgIpc) is 2.70. The summed E-state index contributed by atoms with van der Waals surface area (Å²) < 4.78 is 27.1. The van der Waals surface area contributed by atoms with Gasteiger partial charge in [0.2, 0.25) is 11.9 Å². The number of aryl methyl sites for hydroxylation is 1. The lowest BCUT2D eigenvalue weighted by atomic mass is 10.2. The highest BCUT2D eigenvalue weighted by Gasteiger charge is 2.18.